The quantitative estimate of drug-likeness (QED) is 0.607. The maximum Gasteiger partial charge on any atom is 0.0624 e. The molecular formula is C6H9N2. The highest BCUT2D eigenvalue weighted by molar-refractivity contribution is 4.99. The van der Waals surface area contributed by atoms with Crippen molar-refractivity contribution in [1.29, 1.82) is 0 Å². The van der Waals surface area contributed by atoms with Crippen LogP contribution in [0.2, 0.25) is 0 Å². The molecule has 0 aromatic carbocycles. The maximum atomic E-state index is 3.95. The monoisotopic (exact) mass is 109 g/mol. The molecule has 1 heterocycles. The Morgan fingerprint density at radius 2 is 2.75 bits per heavy atom. The fraction of sp³-hybridized carbons (Fsp3) is 0.333. The van der Waals surface area contributed by atoms with Crippen molar-refractivity contribution in [3.8, 4) is 0 Å². The van der Waals surface area contributed by atoms with Gasteiger partial charge in [-0.1, -0.05) is 6.92 Å². The lowest BCUT2D eigenvalue weighted by molar-refractivity contribution is 0.981. The second kappa shape index (κ2) is 2.50. The Balaban J connectivity index is 2.50. The van der Waals surface area contributed by atoms with E-state index >= 15 is 0 Å². The number of aromatic nitrogens is 2. The Kier molecular flexibility index (Phi) is 1.67. The molecule has 0 amide bonds. The molecule has 43 valence electrons. The first-order valence-corrected chi connectivity index (χ1v) is 2.70. The molecule has 0 aliphatic carbocycles. The summed E-state index contributed by atoms with van der Waals surface area (Å²) in [5.74, 6) is 0. The third kappa shape index (κ3) is 1.09. The van der Waals surface area contributed by atoms with Crippen molar-refractivity contribution in [1.82, 2.24) is 10.2 Å². The molecule has 2 heteroatoms. The van der Waals surface area contributed by atoms with Crippen molar-refractivity contribution in [2.75, 3.05) is 0 Å². The molecule has 0 saturated heterocycles. The molecule has 1 N–H and O–H groups in total. The van der Waals surface area contributed by atoms with E-state index in [1.54, 1.807) is 0 Å². The van der Waals surface area contributed by atoms with Gasteiger partial charge >= 0.3 is 0 Å². The number of hydrogen-bond acceptors (Lipinski definition) is 1. The van der Waals surface area contributed by atoms with E-state index in [2.05, 4.69) is 16.6 Å². The Bertz CT molecular complexity index is 132. The zero-order valence-corrected chi connectivity index (χ0v) is 4.89. The van der Waals surface area contributed by atoms with Crippen LogP contribution in [0, 0.1) is 6.42 Å². The Morgan fingerprint density at radius 1 is 1.88 bits per heavy atom. The maximum absolute atomic E-state index is 3.95. The Hall–Kier alpha value is -0.790. The van der Waals surface area contributed by atoms with Crippen molar-refractivity contribution in [3.63, 3.8) is 0 Å². The van der Waals surface area contributed by atoms with Crippen molar-refractivity contribution < 1.29 is 0 Å². The summed E-state index contributed by atoms with van der Waals surface area (Å²) in [7, 11) is 0. The highest BCUT2D eigenvalue weighted by atomic mass is 15.1. The molecule has 1 rings (SSSR count). The summed E-state index contributed by atoms with van der Waals surface area (Å²) in [4.78, 5) is 0. The van der Waals surface area contributed by atoms with Crippen LogP contribution >= 0.6 is 0 Å². The predicted octanol–water partition coefficient (Wildman–Crippen LogP) is 1.18. The first-order chi connectivity index (χ1) is 3.93. The summed E-state index contributed by atoms with van der Waals surface area (Å²) in [6.07, 6.45) is 4.87. The van der Waals surface area contributed by atoms with Crippen LogP contribution in [-0.2, 0) is 6.42 Å². The highest BCUT2D eigenvalue weighted by Crippen LogP contribution is 1.93. The SMILES string of the molecule is C[CH]Cc1cc[nH]n1. The number of nitrogens with zero attached hydrogens (tertiary/aromatic N) is 1. The summed E-state index contributed by atoms with van der Waals surface area (Å²) in [6, 6.07) is 1.97. The third-order valence-corrected chi connectivity index (χ3v) is 0.972. The predicted molar refractivity (Wildman–Crippen MR) is 32.3 cm³/mol. The van der Waals surface area contributed by atoms with Crippen molar-refractivity contribution in [2.45, 2.75) is 13.3 Å². The van der Waals surface area contributed by atoms with E-state index in [0.29, 0.717) is 0 Å². The summed E-state index contributed by atoms with van der Waals surface area (Å²) in [5.41, 5.74) is 1.10. The minimum absolute atomic E-state index is 0.962. The van der Waals surface area contributed by atoms with E-state index < -0.39 is 0 Å². The van der Waals surface area contributed by atoms with Crippen LogP contribution in [0.3, 0.4) is 0 Å². The standard InChI is InChI=1S/C6H9N2/c1-2-3-6-4-5-7-8-6/h2,4-5H,3H2,1H3,(H,7,8). The first-order valence-electron chi connectivity index (χ1n) is 2.70. The van der Waals surface area contributed by atoms with Gasteiger partial charge < -0.3 is 0 Å². The topological polar surface area (TPSA) is 28.7 Å². The normalized spacial score (nSPS) is 9.62. The van der Waals surface area contributed by atoms with E-state index in [-0.39, 0.29) is 0 Å². The van der Waals surface area contributed by atoms with Gasteiger partial charge in [0.1, 0.15) is 0 Å². The zero-order chi connectivity index (χ0) is 5.82. The minimum Gasteiger partial charge on any atom is -0.285 e. The molecule has 0 atom stereocenters. The van der Waals surface area contributed by atoms with E-state index in [1.165, 1.54) is 0 Å². The summed E-state index contributed by atoms with van der Waals surface area (Å²) in [6.45, 7) is 2.02. The molecule has 1 aromatic heterocycles. The van der Waals surface area contributed by atoms with Gasteiger partial charge in [0.05, 0.1) is 5.69 Å². The van der Waals surface area contributed by atoms with Crippen LogP contribution in [0.1, 0.15) is 12.6 Å². The Labute approximate surface area is 48.9 Å². The molecule has 1 radical (unpaired) electrons. The first kappa shape index (κ1) is 5.35. The minimum atomic E-state index is 0.962. The van der Waals surface area contributed by atoms with Gasteiger partial charge in [-0.15, -0.1) is 0 Å². The molecule has 2 nitrogen and oxygen atoms in total. The molecule has 0 bridgehead atoms. The van der Waals surface area contributed by atoms with Gasteiger partial charge in [0.25, 0.3) is 0 Å². The van der Waals surface area contributed by atoms with Gasteiger partial charge in [0.2, 0.25) is 0 Å². The second-order valence-electron chi connectivity index (χ2n) is 1.68. The third-order valence-electron chi connectivity index (χ3n) is 0.972. The molecule has 0 fully saturated rings. The summed E-state index contributed by atoms with van der Waals surface area (Å²) < 4.78 is 0. The summed E-state index contributed by atoms with van der Waals surface area (Å²) >= 11 is 0. The van der Waals surface area contributed by atoms with Gasteiger partial charge in [-0.05, 0) is 18.9 Å². The Morgan fingerprint density at radius 3 is 3.25 bits per heavy atom. The fourth-order valence-electron chi connectivity index (χ4n) is 0.614. The van der Waals surface area contributed by atoms with Gasteiger partial charge in [-0.25, -0.2) is 0 Å². The summed E-state index contributed by atoms with van der Waals surface area (Å²) in [5, 5.41) is 6.69. The number of aromatic amines is 1. The average molecular weight is 109 g/mol. The molecule has 8 heavy (non-hydrogen) atoms. The van der Waals surface area contributed by atoms with E-state index in [0.717, 1.165) is 12.1 Å². The zero-order valence-electron chi connectivity index (χ0n) is 4.89. The van der Waals surface area contributed by atoms with Crippen LogP contribution in [0.15, 0.2) is 12.3 Å². The van der Waals surface area contributed by atoms with Crippen molar-refractivity contribution in [2.24, 2.45) is 0 Å². The van der Waals surface area contributed by atoms with E-state index in [1.807, 2.05) is 19.2 Å². The molecule has 0 aliphatic heterocycles. The number of H-pyrrole nitrogens is 1. The van der Waals surface area contributed by atoms with Crippen molar-refractivity contribution in [3.05, 3.63) is 24.4 Å². The van der Waals surface area contributed by atoms with Gasteiger partial charge in [0, 0.05) is 6.20 Å². The average Bonchev–Trinajstić information content (AvgIpc) is 2.19. The number of nitrogens with one attached hydrogen (secondary N) is 1. The smallest absolute Gasteiger partial charge is 0.0624 e. The molecule has 1 aromatic rings. The van der Waals surface area contributed by atoms with Crippen LogP contribution in [0.4, 0.5) is 0 Å². The highest BCUT2D eigenvalue weighted by Gasteiger charge is 1.88. The molecule has 0 saturated carbocycles. The van der Waals surface area contributed by atoms with Crippen LogP contribution in [0.5, 0.6) is 0 Å². The van der Waals surface area contributed by atoms with Crippen LogP contribution in [-0.4, -0.2) is 10.2 Å². The van der Waals surface area contributed by atoms with Gasteiger partial charge in [0.15, 0.2) is 0 Å². The largest absolute Gasteiger partial charge is 0.285 e. The lowest BCUT2D eigenvalue weighted by Gasteiger charge is -1.83. The van der Waals surface area contributed by atoms with Gasteiger partial charge in [-0.3, -0.25) is 5.10 Å². The van der Waals surface area contributed by atoms with E-state index in [4.69, 9.17) is 0 Å². The second-order valence-corrected chi connectivity index (χ2v) is 1.68. The van der Waals surface area contributed by atoms with Crippen molar-refractivity contribution >= 4 is 0 Å². The lowest BCUT2D eigenvalue weighted by atomic mass is 10.3. The molecule has 0 aliphatic rings. The number of rotatable bonds is 2. The molecule has 0 unspecified atom stereocenters. The molecule has 0 spiro atoms. The van der Waals surface area contributed by atoms with E-state index in [9.17, 15) is 0 Å². The van der Waals surface area contributed by atoms with Crippen LogP contribution < -0.4 is 0 Å². The van der Waals surface area contributed by atoms with Crippen LogP contribution in [0.25, 0.3) is 0 Å². The number of hydrogen-bond donors (Lipinski definition) is 1. The van der Waals surface area contributed by atoms with Gasteiger partial charge in [-0.2, -0.15) is 5.10 Å². The fourth-order valence-corrected chi connectivity index (χ4v) is 0.614. The lowest BCUT2D eigenvalue weighted by Crippen LogP contribution is -1.81. The molecular weight excluding hydrogens is 100 g/mol.